The molecular formula is C16H38ClN2O7P. The Balaban J connectivity index is -0.000000153. The van der Waals surface area contributed by atoms with Crippen LogP contribution in [0.15, 0.2) is 12.2 Å². The summed E-state index contributed by atoms with van der Waals surface area (Å²) in [6.07, 6.45) is 0. The fourth-order valence-corrected chi connectivity index (χ4v) is 1.06. The van der Waals surface area contributed by atoms with Gasteiger partial charge in [0.1, 0.15) is 19.7 Å². The molecule has 0 aliphatic rings. The molecule has 0 aliphatic carbocycles. The van der Waals surface area contributed by atoms with Gasteiger partial charge in [-0.25, -0.2) is 4.79 Å². The average molecular weight is 437 g/mol. The van der Waals surface area contributed by atoms with Gasteiger partial charge in [0.05, 0.1) is 48.9 Å². The minimum Gasteiger partial charge on any atom is -1.00 e. The Labute approximate surface area is 170 Å². The highest BCUT2D eigenvalue weighted by molar-refractivity contribution is 7.45. The number of aliphatic hydroxyl groups is 1. The van der Waals surface area contributed by atoms with Gasteiger partial charge in [-0.05, 0) is 6.92 Å². The standard InChI is InChI=1S/C9H18NO2.C5H14NO.C2H7O4P.ClH/c1-8(2)9(11)12-7-6-10(3,4)5;1-6(2,3)4-5-7;1-5-7(3,4)6-2;/h1,6-7H2,2-5H3;7H,4-5H2,1-3H3;1-2H3,(H,3,4);1H/q2*+1;;/p-2. The van der Waals surface area contributed by atoms with Crippen LogP contribution in [0.5, 0.6) is 0 Å². The Morgan fingerprint density at radius 3 is 1.56 bits per heavy atom. The average Bonchev–Trinajstić information content (AvgIpc) is 2.45. The van der Waals surface area contributed by atoms with Gasteiger partial charge in [0.2, 0.25) is 0 Å². The number of halogens is 1. The van der Waals surface area contributed by atoms with Crippen LogP contribution in [-0.4, -0.2) is 103 Å². The maximum atomic E-state index is 10.9. The summed E-state index contributed by atoms with van der Waals surface area (Å²) in [4.78, 5) is 20.9. The summed E-state index contributed by atoms with van der Waals surface area (Å²) < 4.78 is 24.2. The molecule has 11 heteroatoms. The van der Waals surface area contributed by atoms with Crippen molar-refractivity contribution in [2.24, 2.45) is 0 Å². The molecule has 0 aromatic carbocycles. The Morgan fingerprint density at radius 1 is 1.04 bits per heavy atom. The smallest absolute Gasteiger partial charge is 0.333 e. The van der Waals surface area contributed by atoms with Crippen LogP contribution >= 0.6 is 7.82 Å². The van der Waals surface area contributed by atoms with E-state index in [1.807, 2.05) is 0 Å². The first-order chi connectivity index (χ1) is 11.5. The summed E-state index contributed by atoms with van der Waals surface area (Å²) in [5, 5.41) is 8.39. The van der Waals surface area contributed by atoms with Crippen LogP contribution in [0.25, 0.3) is 0 Å². The molecule has 0 fully saturated rings. The SMILES string of the molecule is C=C(C)C(=O)OCC[N+](C)(C)C.COP(=O)([O-])OC.C[N+](C)(C)CCO.[Cl-]. The molecule has 0 saturated heterocycles. The van der Waals surface area contributed by atoms with E-state index in [4.69, 9.17) is 9.84 Å². The Kier molecular flexibility index (Phi) is 20.7. The zero-order chi connectivity index (χ0) is 21.6. The molecule has 0 aromatic heterocycles. The van der Waals surface area contributed by atoms with Crippen molar-refractivity contribution in [3.63, 3.8) is 0 Å². The van der Waals surface area contributed by atoms with Gasteiger partial charge in [-0.2, -0.15) is 0 Å². The number of ether oxygens (including phenoxy) is 1. The molecule has 0 radical (unpaired) electrons. The van der Waals surface area contributed by atoms with Crippen LogP contribution < -0.4 is 17.3 Å². The highest BCUT2D eigenvalue weighted by Crippen LogP contribution is 2.34. The molecule has 0 aromatic rings. The van der Waals surface area contributed by atoms with Crippen LogP contribution in [-0.2, 0) is 23.1 Å². The Morgan fingerprint density at radius 2 is 1.41 bits per heavy atom. The van der Waals surface area contributed by atoms with Crippen LogP contribution in [0, 0.1) is 0 Å². The lowest BCUT2D eigenvalue weighted by atomic mass is 10.4. The molecule has 9 nitrogen and oxygen atoms in total. The van der Waals surface area contributed by atoms with Crippen molar-refractivity contribution >= 4 is 13.8 Å². The molecule has 0 saturated carbocycles. The molecule has 0 amide bonds. The van der Waals surface area contributed by atoms with Crippen LogP contribution in [0.3, 0.4) is 0 Å². The number of phosphoric ester groups is 1. The predicted octanol–water partition coefficient (Wildman–Crippen LogP) is -2.75. The first-order valence-corrected chi connectivity index (χ1v) is 9.44. The van der Waals surface area contributed by atoms with E-state index in [1.54, 1.807) is 6.92 Å². The summed E-state index contributed by atoms with van der Waals surface area (Å²) in [7, 11) is 10.5. The minimum atomic E-state index is -3.90. The number of esters is 1. The van der Waals surface area contributed by atoms with Gasteiger partial charge in [-0.3, -0.25) is 4.57 Å². The summed E-state index contributed by atoms with van der Waals surface area (Å²) in [5.74, 6) is -0.302. The van der Waals surface area contributed by atoms with Gasteiger partial charge in [-0.15, -0.1) is 0 Å². The second kappa shape index (κ2) is 16.4. The zero-order valence-electron chi connectivity index (χ0n) is 18.2. The molecule has 0 rings (SSSR count). The predicted molar refractivity (Wildman–Crippen MR) is 100 cm³/mol. The number of nitrogens with zero attached hydrogens (tertiary/aromatic N) is 2. The van der Waals surface area contributed by atoms with Crippen LogP contribution in [0.2, 0.25) is 0 Å². The number of quaternary nitrogens is 2. The number of phosphoric acid groups is 1. The Hall–Kier alpha value is -0.510. The van der Waals surface area contributed by atoms with Gasteiger partial charge < -0.3 is 45.2 Å². The number of carbonyl (C=O) groups is 1. The highest BCUT2D eigenvalue weighted by Gasteiger charge is 2.09. The van der Waals surface area contributed by atoms with E-state index in [0.717, 1.165) is 36.3 Å². The molecule has 1 N–H and O–H groups in total. The van der Waals surface area contributed by atoms with Gasteiger partial charge >= 0.3 is 5.97 Å². The maximum absolute atomic E-state index is 10.9. The van der Waals surface area contributed by atoms with Crippen molar-refractivity contribution in [1.82, 2.24) is 0 Å². The van der Waals surface area contributed by atoms with Gasteiger partial charge in [0.25, 0.3) is 7.82 Å². The van der Waals surface area contributed by atoms with Crippen molar-refractivity contribution in [2.45, 2.75) is 6.92 Å². The first-order valence-electron chi connectivity index (χ1n) is 7.98. The third-order valence-corrected chi connectivity index (χ3v) is 3.46. The quantitative estimate of drug-likeness (QED) is 0.190. The van der Waals surface area contributed by atoms with Gasteiger partial charge in [0.15, 0.2) is 0 Å². The molecule has 0 aliphatic heterocycles. The topological polar surface area (TPSA) is 105 Å². The molecule has 0 unspecified atom stereocenters. The molecule has 27 heavy (non-hydrogen) atoms. The van der Waals surface area contributed by atoms with Crippen molar-refractivity contribution in [1.29, 1.82) is 0 Å². The molecule has 166 valence electrons. The molecule has 0 bridgehead atoms. The van der Waals surface area contributed by atoms with Crippen LogP contribution in [0.1, 0.15) is 6.92 Å². The largest absolute Gasteiger partial charge is 1.00 e. The van der Waals surface area contributed by atoms with Crippen molar-refractivity contribution < 1.29 is 54.5 Å². The van der Waals surface area contributed by atoms with E-state index < -0.39 is 7.82 Å². The van der Waals surface area contributed by atoms with E-state index in [0.29, 0.717) is 12.2 Å². The number of carbonyl (C=O) groups excluding carboxylic acids is 1. The second-order valence-electron chi connectivity index (χ2n) is 7.48. The second-order valence-corrected chi connectivity index (χ2v) is 9.10. The van der Waals surface area contributed by atoms with Crippen molar-refractivity contribution in [3.05, 3.63) is 12.2 Å². The first kappa shape index (κ1) is 34.0. The van der Waals surface area contributed by atoms with E-state index in [-0.39, 0.29) is 25.0 Å². The number of likely N-dealkylation sites (N-methyl/N-ethyl adjacent to an activating group) is 2. The van der Waals surface area contributed by atoms with E-state index in [2.05, 4.69) is 57.9 Å². The van der Waals surface area contributed by atoms with Crippen molar-refractivity contribution in [3.8, 4) is 0 Å². The Bertz CT molecular complexity index is 441. The number of hydrogen-bond donors (Lipinski definition) is 1. The summed E-state index contributed by atoms with van der Waals surface area (Å²) in [6, 6.07) is 0. The van der Waals surface area contributed by atoms with Crippen molar-refractivity contribution in [2.75, 3.05) is 82.8 Å². The molecule has 0 spiro atoms. The number of aliphatic hydroxyl groups excluding tert-OH is 1. The third kappa shape index (κ3) is 33.5. The monoisotopic (exact) mass is 436 g/mol. The van der Waals surface area contributed by atoms with E-state index >= 15 is 0 Å². The van der Waals surface area contributed by atoms with Gasteiger partial charge in [-0.1, -0.05) is 6.58 Å². The molecule has 0 heterocycles. The molecule has 0 atom stereocenters. The minimum absolute atomic E-state index is 0. The third-order valence-electron chi connectivity index (χ3n) is 2.56. The normalized spacial score (nSPS) is 11.1. The maximum Gasteiger partial charge on any atom is 0.333 e. The lowest BCUT2D eigenvalue weighted by Gasteiger charge is -2.23. The molecular weight excluding hydrogens is 399 g/mol. The van der Waals surface area contributed by atoms with Crippen LogP contribution in [0.4, 0.5) is 0 Å². The fourth-order valence-electron chi connectivity index (χ4n) is 0.910. The highest BCUT2D eigenvalue weighted by atomic mass is 35.5. The van der Waals surface area contributed by atoms with E-state index in [9.17, 15) is 14.3 Å². The number of rotatable bonds is 8. The zero-order valence-corrected chi connectivity index (χ0v) is 19.8. The lowest BCUT2D eigenvalue weighted by molar-refractivity contribution is -0.870. The number of hydrogen-bond acceptors (Lipinski definition) is 7. The fraction of sp³-hybridized carbons (Fsp3) is 0.812. The lowest BCUT2D eigenvalue weighted by Crippen LogP contribution is -3.00. The van der Waals surface area contributed by atoms with E-state index in [1.165, 1.54) is 0 Å². The summed E-state index contributed by atoms with van der Waals surface area (Å²) in [5.41, 5.74) is 0.455. The van der Waals surface area contributed by atoms with Gasteiger partial charge in [0, 0.05) is 19.8 Å². The summed E-state index contributed by atoms with van der Waals surface area (Å²) in [6.45, 7) is 7.52. The summed E-state index contributed by atoms with van der Waals surface area (Å²) >= 11 is 0.